The number of amides is 1. The van der Waals surface area contributed by atoms with E-state index in [2.05, 4.69) is 0 Å². The van der Waals surface area contributed by atoms with Gasteiger partial charge < -0.3 is 14.4 Å². The highest BCUT2D eigenvalue weighted by Gasteiger charge is 2.22. The third-order valence-corrected chi connectivity index (χ3v) is 4.93. The maximum Gasteiger partial charge on any atom is 0.410 e. The summed E-state index contributed by atoms with van der Waals surface area (Å²) in [5.74, 6) is 0.240. The maximum atomic E-state index is 13.4. The largest absolute Gasteiger partial charge is 0.456 e. The van der Waals surface area contributed by atoms with E-state index in [0.29, 0.717) is 25.3 Å². The molecule has 0 aliphatic rings. The summed E-state index contributed by atoms with van der Waals surface area (Å²) in [5.41, 5.74) is 2.75. The van der Waals surface area contributed by atoms with Crippen LogP contribution in [0.1, 0.15) is 51.3 Å². The highest BCUT2D eigenvalue weighted by atomic mass is 19.1. The van der Waals surface area contributed by atoms with Gasteiger partial charge in [-0.15, -0.1) is 0 Å². The Morgan fingerprint density at radius 2 is 1.82 bits per heavy atom. The van der Waals surface area contributed by atoms with Crippen molar-refractivity contribution in [3.8, 4) is 11.8 Å². The zero-order valence-corrected chi connectivity index (χ0v) is 20.8. The van der Waals surface area contributed by atoms with Crippen LogP contribution in [-0.2, 0) is 17.7 Å². The van der Waals surface area contributed by atoms with Gasteiger partial charge in [-0.3, -0.25) is 0 Å². The number of halogens is 1. The van der Waals surface area contributed by atoms with E-state index in [9.17, 15) is 9.18 Å². The normalized spacial score (nSPS) is 12.5. The molecule has 0 unspecified atom stereocenters. The topological polar surface area (TPSA) is 62.6 Å². The summed E-state index contributed by atoms with van der Waals surface area (Å²) in [6, 6.07) is 17.3. The number of benzene rings is 2. The molecule has 0 aromatic heterocycles. The highest BCUT2D eigenvalue weighted by Crippen LogP contribution is 2.23. The van der Waals surface area contributed by atoms with Gasteiger partial charge >= 0.3 is 6.09 Å². The van der Waals surface area contributed by atoms with Gasteiger partial charge in [-0.05, 0) is 76.8 Å². The number of ether oxygens (including phenoxy) is 2. The van der Waals surface area contributed by atoms with Crippen LogP contribution in [0.15, 0.2) is 71.8 Å². The van der Waals surface area contributed by atoms with Gasteiger partial charge in [-0.1, -0.05) is 36.4 Å². The van der Waals surface area contributed by atoms with Gasteiger partial charge in [0, 0.05) is 19.2 Å². The van der Waals surface area contributed by atoms with Crippen LogP contribution in [0.2, 0.25) is 0 Å². The third kappa shape index (κ3) is 8.74. The number of nitriles is 1. The lowest BCUT2D eigenvalue weighted by molar-refractivity contribution is 0.0235. The minimum absolute atomic E-state index is 0.175. The van der Waals surface area contributed by atoms with Crippen molar-refractivity contribution in [1.82, 2.24) is 4.90 Å². The Morgan fingerprint density at radius 3 is 2.38 bits per heavy atom. The molecular weight excluding hydrogens is 431 g/mol. The number of nitrogens with zero attached hydrogens (tertiary/aromatic N) is 2. The molecule has 0 N–H and O–H groups in total. The average molecular weight is 465 g/mol. The van der Waals surface area contributed by atoms with Crippen LogP contribution in [-0.4, -0.2) is 23.1 Å². The molecule has 0 bridgehead atoms. The lowest BCUT2D eigenvalue weighted by Gasteiger charge is -2.28. The van der Waals surface area contributed by atoms with Crippen molar-refractivity contribution in [3.63, 3.8) is 0 Å². The highest BCUT2D eigenvalue weighted by molar-refractivity contribution is 5.68. The Labute approximate surface area is 202 Å². The molecule has 2 aromatic carbocycles. The molecule has 6 heteroatoms. The van der Waals surface area contributed by atoms with Crippen molar-refractivity contribution in [3.05, 3.63) is 88.5 Å². The first kappa shape index (κ1) is 26.7. The van der Waals surface area contributed by atoms with E-state index >= 15 is 0 Å². The number of hydrogen-bond acceptors (Lipinski definition) is 4. The number of aryl methyl sites for hydroxylation is 1. The molecule has 0 heterocycles. The summed E-state index contributed by atoms with van der Waals surface area (Å²) >= 11 is 0. The first-order valence-corrected chi connectivity index (χ1v) is 11.2. The summed E-state index contributed by atoms with van der Waals surface area (Å²) in [5, 5.41) is 9.16. The summed E-state index contributed by atoms with van der Waals surface area (Å²) in [4.78, 5) is 14.5. The molecule has 34 heavy (non-hydrogen) atoms. The lowest BCUT2D eigenvalue weighted by atomic mass is 10.0. The fourth-order valence-corrected chi connectivity index (χ4v) is 3.21. The molecule has 180 valence electrons. The number of allylic oxidation sites excluding steroid dienone is 3. The SMILES string of the molecule is C/C(C#N)=C(\C=C(/C)F)Oc1ccc(CCN(Cc2ccccc2)C(=O)OC(C)(C)C)c(C)c1. The molecule has 2 aromatic rings. The van der Waals surface area contributed by atoms with Crippen molar-refractivity contribution >= 4 is 6.09 Å². The van der Waals surface area contributed by atoms with E-state index in [1.54, 1.807) is 17.9 Å². The average Bonchev–Trinajstić information content (AvgIpc) is 2.75. The van der Waals surface area contributed by atoms with Gasteiger partial charge in [0.25, 0.3) is 0 Å². The maximum absolute atomic E-state index is 13.4. The number of carbonyl (C=O) groups is 1. The number of rotatable bonds is 8. The number of hydrogen-bond donors (Lipinski definition) is 0. The van der Waals surface area contributed by atoms with Gasteiger partial charge in [-0.2, -0.15) is 5.26 Å². The molecule has 0 aliphatic carbocycles. The first-order chi connectivity index (χ1) is 16.0. The van der Waals surface area contributed by atoms with Gasteiger partial charge in [0.2, 0.25) is 0 Å². The predicted molar refractivity (Wildman–Crippen MR) is 132 cm³/mol. The molecule has 0 fully saturated rings. The predicted octanol–water partition coefficient (Wildman–Crippen LogP) is 7.02. The minimum Gasteiger partial charge on any atom is -0.456 e. The van der Waals surface area contributed by atoms with Crippen LogP contribution in [0.25, 0.3) is 0 Å². The fourth-order valence-electron chi connectivity index (χ4n) is 3.21. The van der Waals surface area contributed by atoms with E-state index in [4.69, 9.17) is 14.7 Å². The fraction of sp³-hybridized carbons (Fsp3) is 0.357. The van der Waals surface area contributed by atoms with Crippen molar-refractivity contribution in [2.24, 2.45) is 0 Å². The van der Waals surface area contributed by atoms with Crippen LogP contribution in [0.5, 0.6) is 5.75 Å². The van der Waals surface area contributed by atoms with E-state index in [0.717, 1.165) is 16.7 Å². The monoisotopic (exact) mass is 464 g/mol. The number of carbonyl (C=O) groups excluding carboxylic acids is 1. The van der Waals surface area contributed by atoms with Gasteiger partial charge in [0.1, 0.15) is 22.9 Å². The van der Waals surface area contributed by atoms with Crippen molar-refractivity contribution < 1.29 is 18.7 Å². The molecule has 0 atom stereocenters. The van der Waals surface area contributed by atoms with Gasteiger partial charge in [0.05, 0.1) is 11.6 Å². The molecule has 0 spiro atoms. The molecule has 0 saturated carbocycles. The van der Waals surface area contributed by atoms with E-state index in [1.165, 1.54) is 13.0 Å². The molecule has 0 saturated heterocycles. The van der Waals surface area contributed by atoms with Crippen LogP contribution in [0.3, 0.4) is 0 Å². The Bertz CT molecular complexity index is 1090. The van der Waals surface area contributed by atoms with Crippen molar-refractivity contribution in [1.29, 1.82) is 5.26 Å². The second-order valence-electron chi connectivity index (χ2n) is 9.16. The summed E-state index contributed by atoms with van der Waals surface area (Å²) in [6.07, 6.45) is 1.47. The quantitative estimate of drug-likeness (QED) is 0.239. The smallest absolute Gasteiger partial charge is 0.410 e. The molecular formula is C28H33FN2O3. The van der Waals surface area contributed by atoms with Crippen molar-refractivity contribution in [2.45, 2.75) is 60.1 Å². The Hall–Kier alpha value is -3.59. The van der Waals surface area contributed by atoms with Gasteiger partial charge in [0.15, 0.2) is 0 Å². The summed E-state index contributed by atoms with van der Waals surface area (Å²) in [7, 11) is 0. The first-order valence-electron chi connectivity index (χ1n) is 11.2. The van der Waals surface area contributed by atoms with Crippen LogP contribution in [0.4, 0.5) is 9.18 Å². The zero-order valence-electron chi connectivity index (χ0n) is 20.8. The minimum atomic E-state index is -0.583. The molecule has 0 aliphatic heterocycles. The molecule has 0 radical (unpaired) electrons. The lowest BCUT2D eigenvalue weighted by Crippen LogP contribution is -2.37. The van der Waals surface area contributed by atoms with Crippen LogP contribution < -0.4 is 4.74 Å². The molecule has 2 rings (SSSR count). The standard InChI is InChI=1S/C28H33FN2O3/c1-20-16-25(33-26(17-22(3)29)21(2)18-30)13-12-24(20)14-15-31(27(32)34-28(4,5)6)19-23-10-8-7-9-11-23/h7-13,16-17H,14-15,19H2,1-6H3/b22-17+,26-21-. The molecule has 5 nitrogen and oxygen atoms in total. The van der Waals surface area contributed by atoms with E-state index in [-0.39, 0.29) is 17.4 Å². The van der Waals surface area contributed by atoms with Crippen LogP contribution in [0, 0.1) is 18.3 Å². The van der Waals surface area contributed by atoms with E-state index in [1.807, 2.05) is 76.2 Å². The Morgan fingerprint density at radius 1 is 1.15 bits per heavy atom. The van der Waals surface area contributed by atoms with Crippen LogP contribution >= 0.6 is 0 Å². The zero-order chi connectivity index (χ0) is 25.3. The van der Waals surface area contributed by atoms with E-state index < -0.39 is 11.4 Å². The Kier molecular flexibility index (Phi) is 9.44. The van der Waals surface area contributed by atoms with Crippen molar-refractivity contribution in [2.75, 3.05) is 6.54 Å². The summed E-state index contributed by atoms with van der Waals surface area (Å²) < 4.78 is 24.8. The third-order valence-electron chi connectivity index (χ3n) is 4.93. The Balaban J connectivity index is 2.17. The second-order valence-corrected chi connectivity index (χ2v) is 9.16. The second kappa shape index (κ2) is 12.0. The summed E-state index contributed by atoms with van der Waals surface area (Å²) in [6.45, 7) is 11.3. The van der Waals surface area contributed by atoms with Gasteiger partial charge in [-0.25, -0.2) is 9.18 Å². The molecule has 1 amide bonds.